The summed E-state index contributed by atoms with van der Waals surface area (Å²) < 4.78 is 13.4. The van der Waals surface area contributed by atoms with E-state index in [1.54, 1.807) is 12.4 Å². The Balaban J connectivity index is 1.09. The largest absolute Gasteiger partial charge is 0.481 e. The van der Waals surface area contributed by atoms with Crippen molar-refractivity contribution in [3.8, 4) is 11.1 Å². The standard InChI is InChI=1S/C41H49N5O6/c47-29-30-14-16-32(17-15-30)37-26-36(28-45-20-22-46(23-21-45)41-42-18-7-19-43-41)51-40(52-37)35-11-6-10-34(25-35)33-9-5-8-31(24-33)27-44-38(48)12-3-1-2-4-13-39(49)50/h5-11,14-19,24-25,36-37,40,47H,1-4,12-13,20-23,26-29H2,(H,44,48)(H,49,50)/t36-,37+,40+/m0/s1. The van der Waals surface area contributed by atoms with Crippen LogP contribution in [0.5, 0.6) is 0 Å². The summed E-state index contributed by atoms with van der Waals surface area (Å²) >= 11 is 0. The number of piperazine rings is 1. The lowest BCUT2D eigenvalue weighted by atomic mass is 9.98. The number of nitrogens with one attached hydrogen (secondary N) is 1. The van der Waals surface area contributed by atoms with E-state index in [9.17, 15) is 14.7 Å². The molecule has 2 aliphatic rings. The number of rotatable bonds is 16. The van der Waals surface area contributed by atoms with Gasteiger partial charge in [0.05, 0.1) is 18.8 Å². The van der Waals surface area contributed by atoms with Crippen LogP contribution in [0.1, 0.15) is 79.6 Å². The van der Waals surface area contributed by atoms with E-state index in [0.717, 1.165) is 97.7 Å². The predicted molar refractivity (Wildman–Crippen MR) is 198 cm³/mol. The van der Waals surface area contributed by atoms with E-state index in [4.69, 9.17) is 14.6 Å². The molecule has 3 atom stereocenters. The zero-order valence-corrected chi connectivity index (χ0v) is 29.6. The van der Waals surface area contributed by atoms with Crippen molar-refractivity contribution in [2.24, 2.45) is 0 Å². The van der Waals surface area contributed by atoms with Crippen LogP contribution in [0.3, 0.4) is 0 Å². The number of hydrogen-bond donors (Lipinski definition) is 3. The molecule has 0 saturated carbocycles. The Hall–Kier alpha value is -4.68. The quantitative estimate of drug-likeness (QED) is 0.118. The van der Waals surface area contributed by atoms with Crippen molar-refractivity contribution >= 4 is 17.8 Å². The predicted octanol–water partition coefficient (Wildman–Crippen LogP) is 6.04. The van der Waals surface area contributed by atoms with Gasteiger partial charge in [-0.1, -0.05) is 73.5 Å². The molecule has 1 amide bonds. The van der Waals surface area contributed by atoms with Crippen molar-refractivity contribution in [3.63, 3.8) is 0 Å². The highest BCUT2D eigenvalue weighted by Crippen LogP contribution is 2.39. The third-order valence-corrected chi connectivity index (χ3v) is 9.74. The molecule has 3 aromatic carbocycles. The number of carbonyl (C=O) groups is 2. The second-order valence-electron chi connectivity index (χ2n) is 13.6. The lowest BCUT2D eigenvalue weighted by molar-refractivity contribution is -0.253. The Labute approximate surface area is 305 Å². The zero-order chi connectivity index (χ0) is 36.1. The molecule has 11 nitrogen and oxygen atoms in total. The molecule has 2 aliphatic heterocycles. The van der Waals surface area contributed by atoms with Gasteiger partial charge in [0.15, 0.2) is 6.29 Å². The van der Waals surface area contributed by atoms with Crippen LogP contribution in [-0.4, -0.2) is 75.8 Å². The first-order valence-corrected chi connectivity index (χ1v) is 18.4. The van der Waals surface area contributed by atoms with Gasteiger partial charge >= 0.3 is 5.97 Å². The molecule has 11 heteroatoms. The molecule has 0 radical (unpaired) electrons. The maximum absolute atomic E-state index is 12.5. The van der Waals surface area contributed by atoms with Crippen LogP contribution in [0, 0.1) is 0 Å². The molecular formula is C41H49N5O6. The lowest BCUT2D eigenvalue weighted by Crippen LogP contribution is -2.50. The van der Waals surface area contributed by atoms with E-state index >= 15 is 0 Å². The molecule has 0 unspecified atom stereocenters. The van der Waals surface area contributed by atoms with Crippen molar-refractivity contribution in [2.75, 3.05) is 37.6 Å². The van der Waals surface area contributed by atoms with Crippen molar-refractivity contribution in [3.05, 3.63) is 114 Å². The zero-order valence-electron chi connectivity index (χ0n) is 29.6. The van der Waals surface area contributed by atoms with Crippen LogP contribution in [0.4, 0.5) is 5.95 Å². The number of benzene rings is 3. The summed E-state index contributed by atoms with van der Waals surface area (Å²) in [5.41, 5.74) is 5.94. The normalized spacial score (nSPS) is 19.3. The Bertz CT molecular complexity index is 1730. The summed E-state index contributed by atoms with van der Waals surface area (Å²) in [7, 11) is 0. The van der Waals surface area contributed by atoms with Crippen LogP contribution >= 0.6 is 0 Å². The van der Waals surface area contributed by atoms with E-state index in [-0.39, 0.29) is 31.1 Å². The monoisotopic (exact) mass is 707 g/mol. The number of carboxylic acid groups (broad SMARTS) is 1. The second-order valence-corrected chi connectivity index (χ2v) is 13.6. The molecule has 0 spiro atoms. The van der Waals surface area contributed by atoms with Crippen molar-refractivity contribution in [2.45, 2.75) is 76.6 Å². The van der Waals surface area contributed by atoms with E-state index in [0.29, 0.717) is 19.4 Å². The molecule has 2 saturated heterocycles. The van der Waals surface area contributed by atoms with E-state index in [2.05, 4.69) is 49.4 Å². The number of nitrogens with zero attached hydrogens (tertiary/aromatic N) is 4. The summed E-state index contributed by atoms with van der Waals surface area (Å²) in [5, 5.41) is 21.4. The highest BCUT2D eigenvalue weighted by atomic mass is 16.7. The number of aliphatic carboxylic acids is 1. The molecule has 52 heavy (non-hydrogen) atoms. The molecule has 4 aromatic rings. The van der Waals surface area contributed by atoms with Gasteiger partial charge in [-0.3, -0.25) is 14.5 Å². The minimum Gasteiger partial charge on any atom is -0.481 e. The number of aliphatic hydroxyl groups is 1. The fourth-order valence-electron chi connectivity index (χ4n) is 6.84. The van der Waals surface area contributed by atoms with E-state index in [1.807, 2.05) is 54.6 Å². The second kappa shape index (κ2) is 18.7. The number of hydrogen-bond acceptors (Lipinski definition) is 9. The Kier molecular flexibility index (Phi) is 13.3. The number of anilines is 1. The number of carboxylic acids is 1. The molecule has 3 N–H and O–H groups in total. The molecule has 0 aliphatic carbocycles. The van der Waals surface area contributed by atoms with Crippen LogP contribution in [0.25, 0.3) is 11.1 Å². The Morgan fingerprint density at radius 2 is 1.48 bits per heavy atom. The SMILES string of the molecule is O=C(O)CCCCCCC(=O)NCc1cccc(-c2cccc([C@@H]3O[C@H](CN4CCN(c5ncccn5)CC4)C[C@H](c4ccc(CO)cc4)O3)c2)c1. The molecule has 274 valence electrons. The fourth-order valence-corrected chi connectivity index (χ4v) is 6.84. The van der Waals surface area contributed by atoms with Gasteiger partial charge in [-0.05, 0) is 58.9 Å². The number of aliphatic hydroxyl groups excluding tert-OH is 1. The van der Waals surface area contributed by atoms with E-state index in [1.165, 1.54) is 0 Å². The summed E-state index contributed by atoms with van der Waals surface area (Å²) in [6.07, 6.45) is 7.17. The van der Waals surface area contributed by atoms with Gasteiger partial charge in [-0.25, -0.2) is 9.97 Å². The van der Waals surface area contributed by atoms with Crippen LogP contribution in [-0.2, 0) is 32.2 Å². The van der Waals surface area contributed by atoms with Crippen LogP contribution in [0.15, 0.2) is 91.3 Å². The smallest absolute Gasteiger partial charge is 0.303 e. The van der Waals surface area contributed by atoms with Gasteiger partial charge in [0.2, 0.25) is 11.9 Å². The molecule has 2 fully saturated rings. The van der Waals surface area contributed by atoms with Gasteiger partial charge in [0.1, 0.15) is 0 Å². The molecule has 6 rings (SSSR count). The molecular weight excluding hydrogens is 658 g/mol. The van der Waals surface area contributed by atoms with Crippen LogP contribution < -0.4 is 10.2 Å². The van der Waals surface area contributed by atoms with E-state index < -0.39 is 12.3 Å². The number of aromatic nitrogens is 2. The Morgan fingerprint density at radius 1 is 0.769 bits per heavy atom. The average Bonchev–Trinajstić information content (AvgIpc) is 3.19. The van der Waals surface area contributed by atoms with Crippen LogP contribution in [0.2, 0.25) is 0 Å². The third-order valence-electron chi connectivity index (χ3n) is 9.74. The lowest BCUT2D eigenvalue weighted by Gasteiger charge is -2.40. The fraction of sp³-hybridized carbons (Fsp3) is 0.415. The number of unbranched alkanes of at least 4 members (excludes halogenated alkanes) is 3. The van der Waals surface area contributed by atoms with Crippen molar-refractivity contribution < 1.29 is 29.3 Å². The maximum Gasteiger partial charge on any atom is 0.303 e. The van der Waals surface area contributed by atoms with Gasteiger partial charge in [0.25, 0.3) is 0 Å². The average molecular weight is 708 g/mol. The van der Waals surface area contributed by atoms with Crippen molar-refractivity contribution in [1.82, 2.24) is 20.2 Å². The van der Waals surface area contributed by atoms with Gasteiger partial charge in [0, 0.05) is 76.5 Å². The highest BCUT2D eigenvalue weighted by molar-refractivity contribution is 5.76. The minimum atomic E-state index is -0.775. The Morgan fingerprint density at radius 3 is 2.21 bits per heavy atom. The first-order valence-electron chi connectivity index (χ1n) is 18.4. The maximum atomic E-state index is 12.5. The molecule has 1 aromatic heterocycles. The summed E-state index contributed by atoms with van der Waals surface area (Å²) in [6, 6.07) is 26.3. The van der Waals surface area contributed by atoms with Gasteiger partial charge < -0.3 is 29.9 Å². The van der Waals surface area contributed by atoms with Gasteiger partial charge in [-0.15, -0.1) is 0 Å². The number of ether oxygens (including phenoxy) is 2. The minimum absolute atomic E-state index is 0.000527. The first-order chi connectivity index (χ1) is 25.4. The first kappa shape index (κ1) is 37.1. The number of amides is 1. The number of carbonyl (C=O) groups excluding carboxylic acids is 1. The summed E-state index contributed by atoms with van der Waals surface area (Å²) in [4.78, 5) is 36.6. The third kappa shape index (κ3) is 10.7. The highest BCUT2D eigenvalue weighted by Gasteiger charge is 2.34. The topological polar surface area (TPSA) is 137 Å². The summed E-state index contributed by atoms with van der Waals surface area (Å²) in [5.74, 6) is -0.00778. The summed E-state index contributed by atoms with van der Waals surface area (Å²) in [6.45, 7) is 4.70. The van der Waals surface area contributed by atoms with Crippen molar-refractivity contribution in [1.29, 1.82) is 0 Å². The van der Waals surface area contributed by atoms with Gasteiger partial charge in [-0.2, -0.15) is 0 Å². The molecule has 0 bridgehead atoms. The molecule has 3 heterocycles.